The summed E-state index contributed by atoms with van der Waals surface area (Å²) in [6.45, 7) is 8.45. The number of amides is 3. The molecule has 0 aliphatic rings. The van der Waals surface area contributed by atoms with Crippen molar-refractivity contribution in [2.45, 2.75) is 47.1 Å². The normalized spacial score (nSPS) is 13.1. The van der Waals surface area contributed by atoms with Crippen molar-refractivity contribution < 1.29 is 14.4 Å². The van der Waals surface area contributed by atoms with E-state index in [1.165, 1.54) is 5.01 Å². The third-order valence-corrected chi connectivity index (χ3v) is 5.60. The number of nitrogens with one attached hydrogen (secondary N) is 2. The van der Waals surface area contributed by atoms with Gasteiger partial charge < -0.3 is 9.88 Å². The number of benzene rings is 1. The molecule has 0 aliphatic carbocycles. The van der Waals surface area contributed by atoms with Gasteiger partial charge in [0.25, 0.3) is 5.91 Å². The molecule has 190 valence electrons. The Labute approximate surface area is 208 Å². The molecule has 0 bridgehead atoms. The number of hydrazine groups is 1. The molecule has 1 aromatic carbocycles. The maximum Gasteiger partial charge on any atom is 0.260 e. The molecule has 0 saturated carbocycles. The Hall–Kier alpha value is -3.42. The van der Waals surface area contributed by atoms with Gasteiger partial charge in [0.2, 0.25) is 11.8 Å². The Kier molecular flexibility index (Phi) is 11.2. The molecule has 2 rings (SSSR count). The van der Waals surface area contributed by atoms with E-state index in [4.69, 9.17) is 0 Å². The molecule has 2 aromatic rings. The van der Waals surface area contributed by atoms with E-state index in [2.05, 4.69) is 15.7 Å². The van der Waals surface area contributed by atoms with Gasteiger partial charge >= 0.3 is 0 Å². The third kappa shape index (κ3) is 9.39. The smallest absolute Gasteiger partial charge is 0.260 e. The summed E-state index contributed by atoms with van der Waals surface area (Å²) >= 11 is 0. The van der Waals surface area contributed by atoms with Crippen LogP contribution in [0.4, 0.5) is 0 Å². The van der Waals surface area contributed by atoms with Gasteiger partial charge in [0.15, 0.2) is 0 Å². The monoisotopic (exact) mass is 481 g/mol. The van der Waals surface area contributed by atoms with Crippen molar-refractivity contribution in [3.63, 3.8) is 0 Å². The fraction of sp³-hybridized carbons (Fsp3) is 0.481. The first-order chi connectivity index (χ1) is 16.7. The second-order valence-electron chi connectivity index (χ2n) is 9.61. The predicted octanol–water partition coefficient (Wildman–Crippen LogP) is 3.53. The van der Waals surface area contributed by atoms with Crippen LogP contribution in [0.5, 0.6) is 0 Å². The summed E-state index contributed by atoms with van der Waals surface area (Å²) in [5.74, 6) is -1.57. The number of imidazole rings is 1. The van der Waals surface area contributed by atoms with Gasteiger partial charge in [-0.15, -0.1) is 0 Å². The molecule has 8 nitrogen and oxygen atoms in total. The first-order valence-corrected chi connectivity index (χ1v) is 12.2. The molecule has 2 atom stereocenters. The van der Waals surface area contributed by atoms with Gasteiger partial charge in [-0.2, -0.15) is 0 Å². The molecule has 1 aromatic heterocycles. The maximum absolute atomic E-state index is 13.5. The lowest BCUT2D eigenvalue weighted by Gasteiger charge is -2.31. The number of carbonyl (C=O) groups excluding carboxylic acids is 3. The molecule has 0 aliphatic heterocycles. The Balaban J connectivity index is 2.23. The standard InChI is InChI=1S/C27H39N5O3/c1-20(2)16-24(23(26(34)28-5)13-9-12-22-10-7-6-8-11-22)27(35)30-32(17-21(3)4)25(33)18-31-15-14-29-19-31/h6-12,14-15,19-21,23-24H,13,16-18H2,1-5H3,(H,28,34)(H,30,35)/b12-9+. The van der Waals surface area contributed by atoms with Crippen LogP contribution in [-0.2, 0) is 20.9 Å². The van der Waals surface area contributed by atoms with Crippen LogP contribution in [0.25, 0.3) is 6.08 Å². The second kappa shape index (κ2) is 14.1. The predicted molar refractivity (Wildman–Crippen MR) is 138 cm³/mol. The van der Waals surface area contributed by atoms with Crippen molar-refractivity contribution in [3.05, 3.63) is 60.7 Å². The summed E-state index contributed by atoms with van der Waals surface area (Å²) in [4.78, 5) is 43.4. The van der Waals surface area contributed by atoms with Gasteiger partial charge in [0.1, 0.15) is 6.54 Å². The highest BCUT2D eigenvalue weighted by Gasteiger charge is 2.34. The fourth-order valence-electron chi connectivity index (χ4n) is 3.93. The summed E-state index contributed by atoms with van der Waals surface area (Å²) < 4.78 is 1.66. The van der Waals surface area contributed by atoms with Crippen molar-refractivity contribution in [1.29, 1.82) is 0 Å². The largest absolute Gasteiger partial charge is 0.359 e. The van der Waals surface area contributed by atoms with Gasteiger partial charge in [0.05, 0.1) is 18.2 Å². The Morgan fingerprint density at radius 3 is 2.31 bits per heavy atom. The minimum Gasteiger partial charge on any atom is -0.359 e. The molecular weight excluding hydrogens is 442 g/mol. The van der Waals surface area contributed by atoms with Gasteiger partial charge in [-0.25, -0.2) is 4.98 Å². The van der Waals surface area contributed by atoms with Gasteiger partial charge in [-0.3, -0.25) is 24.8 Å². The highest BCUT2D eigenvalue weighted by molar-refractivity contribution is 5.89. The summed E-state index contributed by atoms with van der Waals surface area (Å²) in [5.41, 5.74) is 3.87. The number of carbonyl (C=O) groups is 3. The van der Waals surface area contributed by atoms with Gasteiger partial charge in [-0.05, 0) is 30.2 Å². The number of rotatable bonds is 12. The van der Waals surface area contributed by atoms with Crippen LogP contribution in [0.1, 0.15) is 46.1 Å². The van der Waals surface area contributed by atoms with Crippen molar-refractivity contribution >= 4 is 23.8 Å². The summed E-state index contributed by atoms with van der Waals surface area (Å²) in [7, 11) is 1.58. The van der Waals surface area contributed by atoms with E-state index < -0.39 is 11.8 Å². The average Bonchev–Trinajstić information content (AvgIpc) is 3.33. The molecule has 2 unspecified atom stereocenters. The molecule has 8 heteroatoms. The highest BCUT2D eigenvalue weighted by atomic mass is 16.2. The van der Waals surface area contributed by atoms with Crippen LogP contribution in [0.2, 0.25) is 0 Å². The van der Waals surface area contributed by atoms with E-state index in [0.29, 0.717) is 19.4 Å². The zero-order valence-electron chi connectivity index (χ0n) is 21.5. The van der Waals surface area contributed by atoms with Crippen LogP contribution in [0, 0.1) is 23.7 Å². The third-order valence-electron chi connectivity index (χ3n) is 5.60. The summed E-state index contributed by atoms with van der Waals surface area (Å²) in [6.07, 6.45) is 9.70. The van der Waals surface area contributed by atoms with E-state index in [1.54, 1.807) is 30.3 Å². The molecule has 0 radical (unpaired) electrons. The molecule has 35 heavy (non-hydrogen) atoms. The van der Waals surface area contributed by atoms with E-state index in [9.17, 15) is 14.4 Å². The Morgan fingerprint density at radius 1 is 1.03 bits per heavy atom. The Bertz CT molecular complexity index is 954. The van der Waals surface area contributed by atoms with Gasteiger partial charge in [-0.1, -0.05) is 70.2 Å². The first kappa shape index (κ1) is 27.8. The SMILES string of the molecule is CNC(=O)C(C/C=C/c1ccccc1)C(CC(C)C)C(=O)NN(CC(C)C)C(=O)Cn1ccnc1. The second-order valence-corrected chi connectivity index (χ2v) is 9.61. The minimum atomic E-state index is -0.592. The maximum atomic E-state index is 13.5. The number of nitrogens with zero attached hydrogens (tertiary/aromatic N) is 3. The van der Waals surface area contributed by atoms with Crippen molar-refractivity contribution in [1.82, 2.24) is 25.3 Å². The summed E-state index contributed by atoms with van der Waals surface area (Å²) in [5, 5.41) is 4.09. The van der Waals surface area contributed by atoms with Crippen LogP contribution in [-0.4, -0.2) is 45.9 Å². The fourth-order valence-corrected chi connectivity index (χ4v) is 3.93. The molecule has 2 N–H and O–H groups in total. The first-order valence-electron chi connectivity index (χ1n) is 12.2. The van der Waals surface area contributed by atoms with Crippen LogP contribution >= 0.6 is 0 Å². The molecule has 0 spiro atoms. The molecular formula is C27H39N5O3. The number of hydrogen-bond acceptors (Lipinski definition) is 4. The minimum absolute atomic E-state index is 0.0700. The van der Waals surface area contributed by atoms with E-state index in [0.717, 1.165) is 5.56 Å². The molecule has 3 amide bonds. The lowest BCUT2D eigenvalue weighted by Crippen LogP contribution is -2.52. The number of allylic oxidation sites excluding steroid dienone is 1. The van der Waals surface area contributed by atoms with Crippen LogP contribution in [0.3, 0.4) is 0 Å². The average molecular weight is 482 g/mol. The Morgan fingerprint density at radius 2 is 1.74 bits per heavy atom. The molecule has 1 heterocycles. The van der Waals surface area contributed by atoms with Crippen LogP contribution < -0.4 is 10.7 Å². The molecule has 0 saturated heterocycles. The highest BCUT2D eigenvalue weighted by Crippen LogP contribution is 2.25. The zero-order valence-corrected chi connectivity index (χ0v) is 21.5. The lowest BCUT2D eigenvalue weighted by atomic mass is 9.82. The quantitative estimate of drug-likeness (QED) is 0.453. The van der Waals surface area contributed by atoms with Crippen LogP contribution in [0.15, 0.2) is 55.1 Å². The summed E-state index contributed by atoms with van der Waals surface area (Å²) in [6, 6.07) is 9.83. The number of hydrogen-bond donors (Lipinski definition) is 2. The lowest BCUT2D eigenvalue weighted by molar-refractivity contribution is -0.146. The zero-order chi connectivity index (χ0) is 25.8. The topological polar surface area (TPSA) is 96.3 Å². The van der Waals surface area contributed by atoms with E-state index >= 15 is 0 Å². The van der Waals surface area contributed by atoms with Crippen molar-refractivity contribution in [2.24, 2.45) is 23.7 Å². The van der Waals surface area contributed by atoms with Crippen molar-refractivity contribution in [3.8, 4) is 0 Å². The number of aromatic nitrogens is 2. The van der Waals surface area contributed by atoms with Gasteiger partial charge in [0, 0.05) is 26.0 Å². The van der Waals surface area contributed by atoms with E-state index in [-0.39, 0.29) is 36.1 Å². The molecule has 0 fully saturated rings. The van der Waals surface area contributed by atoms with Crippen molar-refractivity contribution in [2.75, 3.05) is 13.6 Å². The van der Waals surface area contributed by atoms with E-state index in [1.807, 2.05) is 70.2 Å².